The highest BCUT2D eigenvalue weighted by atomic mass is 32.2. The third kappa shape index (κ3) is 2.82. The maximum absolute atomic E-state index is 12.6. The molecule has 0 radical (unpaired) electrons. The van der Waals surface area contributed by atoms with Gasteiger partial charge in [0.1, 0.15) is 11.0 Å². The number of urea groups is 1. The van der Waals surface area contributed by atoms with Crippen LogP contribution in [0.25, 0.3) is 0 Å². The van der Waals surface area contributed by atoms with Crippen LogP contribution in [0.15, 0.2) is 21.5 Å². The van der Waals surface area contributed by atoms with E-state index in [1.807, 2.05) is 6.92 Å². The van der Waals surface area contributed by atoms with Crippen LogP contribution in [0.3, 0.4) is 0 Å². The lowest BCUT2D eigenvalue weighted by molar-refractivity contribution is 0.248. The van der Waals surface area contributed by atoms with Crippen LogP contribution in [0.2, 0.25) is 0 Å². The Hall–Kier alpha value is -2.35. The zero-order chi connectivity index (χ0) is 18.5. The van der Waals surface area contributed by atoms with E-state index >= 15 is 0 Å². The highest BCUT2D eigenvalue weighted by molar-refractivity contribution is 7.75. The molecule has 1 unspecified atom stereocenters. The van der Waals surface area contributed by atoms with E-state index < -0.39 is 16.6 Å². The third-order valence-electron chi connectivity index (χ3n) is 5.61. The number of thiol groups is 1. The summed E-state index contributed by atoms with van der Waals surface area (Å²) in [7, 11) is -2.25. The summed E-state index contributed by atoms with van der Waals surface area (Å²) in [5, 5.41) is 7.12. The number of carbonyl (C=O) groups excluding carboxylic acids is 1. The number of hydrogen-bond acceptors (Lipinski definition) is 4. The van der Waals surface area contributed by atoms with Gasteiger partial charge in [-0.15, -0.1) is 4.36 Å². The van der Waals surface area contributed by atoms with Crippen molar-refractivity contribution in [3.8, 4) is 5.88 Å². The second-order valence-corrected chi connectivity index (χ2v) is 8.71. The van der Waals surface area contributed by atoms with Gasteiger partial charge in [0.2, 0.25) is 5.88 Å². The molecule has 2 aliphatic carbocycles. The number of nitrogens with zero attached hydrogens (tertiary/aromatic N) is 3. The molecule has 0 saturated carbocycles. The van der Waals surface area contributed by atoms with Gasteiger partial charge in [-0.25, -0.2) is 13.7 Å². The fourth-order valence-electron chi connectivity index (χ4n) is 4.45. The number of rotatable bonds is 2. The molecule has 8 heteroatoms. The fourth-order valence-corrected chi connectivity index (χ4v) is 5.26. The Balaban J connectivity index is 1.44. The van der Waals surface area contributed by atoms with Crippen molar-refractivity contribution >= 4 is 22.3 Å². The number of anilines is 1. The summed E-state index contributed by atoms with van der Waals surface area (Å²) in [5.41, 5.74) is 6.06. The Morgan fingerprint density at radius 1 is 1.26 bits per heavy atom. The number of aryl methyl sites for hydroxylation is 2. The number of nitrogens with one attached hydrogen (secondary N) is 1. The van der Waals surface area contributed by atoms with Crippen LogP contribution < -0.4 is 10.1 Å². The summed E-state index contributed by atoms with van der Waals surface area (Å²) in [6.07, 6.45) is 7.78. The monoisotopic (exact) mass is 386 g/mol. The Morgan fingerprint density at radius 2 is 1.96 bits per heavy atom. The van der Waals surface area contributed by atoms with E-state index in [0.717, 1.165) is 44.2 Å². The maximum atomic E-state index is 12.6. The van der Waals surface area contributed by atoms with Gasteiger partial charge in [-0.1, -0.05) is 6.07 Å². The lowest BCUT2D eigenvalue weighted by Crippen LogP contribution is -2.11. The van der Waals surface area contributed by atoms with Gasteiger partial charge in [0.05, 0.1) is 23.3 Å². The van der Waals surface area contributed by atoms with E-state index in [1.165, 1.54) is 28.5 Å². The quantitative estimate of drug-likeness (QED) is 0.777. The van der Waals surface area contributed by atoms with Crippen LogP contribution in [0.5, 0.6) is 5.88 Å². The number of ether oxygens (including phenoxy) is 1. The Bertz CT molecular complexity index is 1000. The van der Waals surface area contributed by atoms with E-state index in [0.29, 0.717) is 17.3 Å². The topological polar surface area (TPSA) is 85.6 Å². The normalized spacial score (nSPS) is 20.9. The van der Waals surface area contributed by atoms with E-state index in [2.05, 4.69) is 20.8 Å². The number of aromatic nitrogens is 2. The van der Waals surface area contributed by atoms with Crippen molar-refractivity contribution in [1.29, 1.82) is 0 Å². The molecular formula is C19H22N4O3S. The molecule has 1 aromatic heterocycles. The molecule has 0 spiro atoms. The Kier molecular flexibility index (Phi) is 3.96. The van der Waals surface area contributed by atoms with E-state index in [1.54, 1.807) is 4.68 Å². The molecular weight excluding hydrogens is 364 g/mol. The zero-order valence-electron chi connectivity index (χ0n) is 15.2. The molecule has 7 nitrogen and oxygen atoms in total. The number of benzene rings is 1. The van der Waals surface area contributed by atoms with E-state index in [9.17, 15) is 9.00 Å². The lowest BCUT2D eigenvalue weighted by atomic mass is 9.99. The Labute approximate surface area is 159 Å². The minimum Gasteiger partial charge on any atom is -0.472 e. The van der Waals surface area contributed by atoms with Crippen LogP contribution in [-0.2, 0) is 42.8 Å². The molecule has 5 rings (SSSR count). The molecule has 1 aliphatic heterocycles. The van der Waals surface area contributed by atoms with Crippen molar-refractivity contribution in [3.05, 3.63) is 34.5 Å². The molecule has 1 aromatic carbocycles. The van der Waals surface area contributed by atoms with Gasteiger partial charge >= 0.3 is 6.03 Å². The summed E-state index contributed by atoms with van der Waals surface area (Å²) in [6, 6.07) is 1.75. The standard InChI is InChI=1S/C19H22N4O3S/c1-11-10-23-18(26-11)16(9-20-23)27(25)22-19(24)21-17-14-6-2-4-12(14)8-13-5-3-7-15(13)17/h8-9,11,27H,2-7,10H2,1H3,(H,21,24)/t11-/m0/s1. The molecule has 0 fully saturated rings. The lowest BCUT2D eigenvalue weighted by Gasteiger charge is -2.14. The molecule has 3 aliphatic rings. The minimum atomic E-state index is -2.25. The highest BCUT2D eigenvalue weighted by Gasteiger charge is 2.26. The highest BCUT2D eigenvalue weighted by Crippen LogP contribution is 2.38. The zero-order valence-corrected chi connectivity index (χ0v) is 16.1. The largest absolute Gasteiger partial charge is 0.472 e. The van der Waals surface area contributed by atoms with Crippen LogP contribution in [0, 0.1) is 0 Å². The van der Waals surface area contributed by atoms with E-state index in [4.69, 9.17) is 4.74 Å². The predicted molar refractivity (Wildman–Crippen MR) is 102 cm³/mol. The molecule has 0 saturated heterocycles. The maximum Gasteiger partial charge on any atom is 0.353 e. The Morgan fingerprint density at radius 3 is 2.67 bits per heavy atom. The molecule has 0 bridgehead atoms. The van der Waals surface area contributed by atoms with Crippen molar-refractivity contribution < 1.29 is 13.7 Å². The number of carbonyl (C=O) groups is 1. The van der Waals surface area contributed by atoms with Crippen LogP contribution in [-0.4, -0.2) is 26.1 Å². The second-order valence-electron chi connectivity index (χ2n) is 7.48. The SMILES string of the molecule is C[C@H]1Cn2ncc(/[SH](=O)=N/C(=O)Nc3c4c(cc5c3CCC5)CCC4)c2O1. The molecule has 2 aromatic rings. The third-order valence-corrected chi connectivity index (χ3v) is 6.69. The first kappa shape index (κ1) is 16.8. The molecule has 27 heavy (non-hydrogen) atoms. The summed E-state index contributed by atoms with van der Waals surface area (Å²) >= 11 is 0. The molecule has 1 N–H and O–H groups in total. The first-order valence-electron chi connectivity index (χ1n) is 9.49. The van der Waals surface area contributed by atoms with Gasteiger partial charge in [0, 0.05) is 5.69 Å². The molecule has 2 heterocycles. The van der Waals surface area contributed by atoms with Crippen molar-refractivity contribution in [2.45, 2.75) is 63.0 Å². The fraction of sp³-hybridized carbons (Fsp3) is 0.474. The van der Waals surface area contributed by atoms with Crippen molar-refractivity contribution in [1.82, 2.24) is 9.78 Å². The average Bonchev–Trinajstić information content (AvgIpc) is 3.36. The van der Waals surface area contributed by atoms with Gasteiger partial charge < -0.3 is 10.1 Å². The van der Waals surface area contributed by atoms with Crippen molar-refractivity contribution in [3.63, 3.8) is 0 Å². The summed E-state index contributed by atoms with van der Waals surface area (Å²) < 4.78 is 23.8. The predicted octanol–water partition coefficient (Wildman–Crippen LogP) is 2.90. The van der Waals surface area contributed by atoms with Gasteiger partial charge in [-0.2, -0.15) is 5.10 Å². The van der Waals surface area contributed by atoms with Crippen molar-refractivity contribution in [2.75, 3.05) is 5.32 Å². The molecule has 2 amide bonds. The smallest absolute Gasteiger partial charge is 0.353 e. The van der Waals surface area contributed by atoms with E-state index in [-0.39, 0.29) is 6.10 Å². The summed E-state index contributed by atoms with van der Waals surface area (Å²) in [6.45, 7) is 2.54. The minimum absolute atomic E-state index is 0.0147. The molecule has 2 atom stereocenters. The van der Waals surface area contributed by atoms with Crippen molar-refractivity contribution in [2.24, 2.45) is 4.36 Å². The first-order valence-corrected chi connectivity index (χ1v) is 10.7. The van der Waals surface area contributed by atoms with Gasteiger partial charge in [-0.05, 0) is 67.7 Å². The first-order chi connectivity index (χ1) is 13.1. The second kappa shape index (κ2) is 6.37. The average molecular weight is 386 g/mol. The van der Waals surface area contributed by atoms with Crippen LogP contribution >= 0.6 is 0 Å². The number of amides is 2. The van der Waals surface area contributed by atoms with Gasteiger partial charge in [0.15, 0.2) is 0 Å². The van der Waals surface area contributed by atoms with Gasteiger partial charge in [0.25, 0.3) is 0 Å². The van der Waals surface area contributed by atoms with Gasteiger partial charge in [-0.3, -0.25) is 0 Å². The summed E-state index contributed by atoms with van der Waals surface area (Å²) in [4.78, 5) is 12.9. The summed E-state index contributed by atoms with van der Waals surface area (Å²) in [5.74, 6) is 0.460. The molecule has 142 valence electrons. The number of fused-ring (bicyclic) bond motifs is 3. The van der Waals surface area contributed by atoms with Crippen LogP contribution in [0.1, 0.15) is 42.0 Å². The number of hydrogen-bond donors (Lipinski definition) is 2. The van der Waals surface area contributed by atoms with Crippen LogP contribution in [0.4, 0.5) is 10.5 Å².